The number of hydrogen-bond acceptors (Lipinski definition) is 4. The molecular weight excluding hydrogens is 234 g/mol. The lowest BCUT2D eigenvalue weighted by Crippen LogP contribution is -2.16. The minimum Gasteiger partial charge on any atom is -0.478 e. The Morgan fingerprint density at radius 3 is 2.94 bits per heavy atom. The van der Waals surface area contributed by atoms with Crippen molar-refractivity contribution in [2.75, 3.05) is 13.2 Å². The van der Waals surface area contributed by atoms with Crippen molar-refractivity contribution in [3.05, 3.63) is 23.7 Å². The molecule has 1 heterocycles. The molecule has 0 unspecified atom stereocenters. The molecule has 1 aromatic rings. The third-order valence-corrected chi connectivity index (χ3v) is 2.46. The third-order valence-electron chi connectivity index (χ3n) is 2.46. The van der Waals surface area contributed by atoms with Crippen molar-refractivity contribution in [2.24, 2.45) is 0 Å². The van der Waals surface area contributed by atoms with E-state index in [1.54, 1.807) is 0 Å². The lowest BCUT2D eigenvalue weighted by molar-refractivity contribution is 0.0694. The zero-order chi connectivity index (χ0) is 13.4. The number of nitrogens with one attached hydrogen (secondary N) is 1. The summed E-state index contributed by atoms with van der Waals surface area (Å²) in [5.74, 6) is -0.480. The summed E-state index contributed by atoms with van der Waals surface area (Å²) in [6.07, 6.45) is 3.67. The Bertz CT molecular complexity index is 360. The summed E-state index contributed by atoms with van der Waals surface area (Å²) in [7, 11) is 0. The van der Waals surface area contributed by atoms with Crippen LogP contribution in [0, 0.1) is 0 Å². The quantitative estimate of drug-likeness (QED) is 0.662. The molecule has 0 aliphatic heterocycles. The zero-order valence-corrected chi connectivity index (χ0v) is 10.9. The zero-order valence-electron chi connectivity index (χ0n) is 10.9. The Labute approximate surface area is 107 Å². The van der Waals surface area contributed by atoms with Gasteiger partial charge in [-0.3, -0.25) is 0 Å². The van der Waals surface area contributed by atoms with Gasteiger partial charge in [0.2, 0.25) is 0 Å². The van der Waals surface area contributed by atoms with Gasteiger partial charge in [-0.15, -0.1) is 0 Å². The number of carboxylic acid groups (broad SMARTS) is 1. The molecule has 5 nitrogen and oxygen atoms in total. The predicted molar refractivity (Wildman–Crippen MR) is 67.7 cm³/mol. The van der Waals surface area contributed by atoms with E-state index in [1.165, 1.54) is 12.3 Å². The molecule has 0 saturated carbocycles. The van der Waals surface area contributed by atoms with Crippen molar-refractivity contribution in [1.82, 2.24) is 5.32 Å². The molecule has 5 heteroatoms. The molecule has 0 aromatic carbocycles. The predicted octanol–water partition coefficient (Wildman–Crippen LogP) is 2.27. The fourth-order valence-corrected chi connectivity index (χ4v) is 1.54. The van der Waals surface area contributed by atoms with Gasteiger partial charge in [0.05, 0.1) is 18.9 Å². The highest BCUT2D eigenvalue weighted by Gasteiger charge is 2.12. The van der Waals surface area contributed by atoms with E-state index in [-0.39, 0.29) is 11.7 Å². The van der Waals surface area contributed by atoms with Crippen LogP contribution >= 0.6 is 0 Å². The molecule has 1 aromatic heterocycles. The first-order valence-electron chi connectivity index (χ1n) is 6.23. The summed E-state index contributed by atoms with van der Waals surface area (Å²) in [6, 6.07) is 1.47. The summed E-state index contributed by atoms with van der Waals surface area (Å²) in [5.41, 5.74) is 0.227. The molecule has 0 bridgehead atoms. The molecule has 0 amide bonds. The van der Waals surface area contributed by atoms with Gasteiger partial charge >= 0.3 is 5.97 Å². The van der Waals surface area contributed by atoms with E-state index < -0.39 is 5.97 Å². The van der Waals surface area contributed by atoms with Gasteiger partial charge in [-0.1, -0.05) is 0 Å². The standard InChI is InChI=1S/C13H21NO4/c1-10(2)17-7-4-3-6-14-9-12-11(13(15)16)5-8-18-12/h5,8,10,14H,3-4,6-7,9H2,1-2H3,(H,15,16). The highest BCUT2D eigenvalue weighted by atomic mass is 16.5. The highest BCUT2D eigenvalue weighted by molar-refractivity contribution is 5.88. The Kier molecular flexibility index (Phi) is 6.46. The molecule has 1 rings (SSSR count). The van der Waals surface area contributed by atoms with Gasteiger partial charge in [-0.25, -0.2) is 4.79 Å². The van der Waals surface area contributed by atoms with Crippen LogP contribution in [0.3, 0.4) is 0 Å². The van der Waals surface area contributed by atoms with Crippen molar-refractivity contribution in [3.63, 3.8) is 0 Å². The SMILES string of the molecule is CC(C)OCCCCNCc1occc1C(=O)O. The second-order valence-corrected chi connectivity index (χ2v) is 4.37. The largest absolute Gasteiger partial charge is 0.478 e. The number of ether oxygens (including phenoxy) is 1. The summed E-state index contributed by atoms with van der Waals surface area (Å²) in [4.78, 5) is 10.8. The Morgan fingerprint density at radius 1 is 1.50 bits per heavy atom. The van der Waals surface area contributed by atoms with Crippen LogP contribution in [0.15, 0.2) is 16.7 Å². The summed E-state index contributed by atoms with van der Waals surface area (Å²) < 4.78 is 10.5. The smallest absolute Gasteiger partial charge is 0.339 e. The molecule has 0 aliphatic carbocycles. The van der Waals surface area contributed by atoms with Gasteiger partial charge in [0.1, 0.15) is 11.3 Å². The number of carbonyl (C=O) groups is 1. The molecule has 18 heavy (non-hydrogen) atoms. The number of carboxylic acids is 1. The molecule has 0 saturated heterocycles. The average molecular weight is 255 g/mol. The Balaban J connectivity index is 2.11. The Hall–Kier alpha value is -1.33. The van der Waals surface area contributed by atoms with Crippen LogP contribution in [-0.4, -0.2) is 30.3 Å². The van der Waals surface area contributed by atoms with E-state index in [4.69, 9.17) is 14.3 Å². The van der Waals surface area contributed by atoms with Crippen LogP contribution in [-0.2, 0) is 11.3 Å². The van der Waals surface area contributed by atoms with Crippen molar-refractivity contribution >= 4 is 5.97 Å². The molecule has 0 fully saturated rings. The van der Waals surface area contributed by atoms with Crippen LogP contribution in [0.1, 0.15) is 42.8 Å². The van der Waals surface area contributed by atoms with E-state index in [0.29, 0.717) is 12.3 Å². The van der Waals surface area contributed by atoms with Crippen molar-refractivity contribution in [2.45, 2.75) is 39.3 Å². The van der Waals surface area contributed by atoms with E-state index in [9.17, 15) is 4.79 Å². The van der Waals surface area contributed by atoms with Crippen LogP contribution in [0.2, 0.25) is 0 Å². The lowest BCUT2D eigenvalue weighted by Gasteiger charge is -2.07. The normalized spacial score (nSPS) is 11.1. The monoisotopic (exact) mass is 255 g/mol. The van der Waals surface area contributed by atoms with E-state index >= 15 is 0 Å². The average Bonchev–Trinajstić information content (AvgIpc) is 2.75. The molecule has 0 radical (unpaired) electrons. The fourth-order valence-electron chi connectivity index (χ4n) is 1.54. The van der Waals surface area contributed by atoms with Crippen LogP contribution in [0.5, 0.6) is 0 Å². The van der Waals surface area contributed by atoms with Gasteiger partial charge in [0, 0.05) is 6.61 Å². The van der Waals surface area contributed by atoms with E-state index in [2.05, 4.69) is 5.32 Å². The highest BCUT2D eigenvalue weighted by Crippen LogP contribution is 2.09. The molecule has 0 aliphatic rings. The van der Waals surface area contributed by atoms with E-state index in [1.807, 2.05) is 13.8 Å². The van der Waals surface area contributed by atoms with Gasteiger partial charge < -0.3 is 19.6 Å². The van der Waals surface area contributed by atoms with Crippen molar-refractivity contribution in [3.8, 4) is 0 Å². The maximum absolute atomic E-state index is 10.8. The molecule has 0 atom stereocenters. The second kappa shape index (κ2) is 7.89. The van der Waals surface area contributed by atoms with Crippen molar-refractivity contribution in [1.29, 1.82) is 0 Å². The minimum atomic E-state index is -0.953. The first-order chi connectivity index (χ1) is 8.61. The van der Waals surface area contributed by atoms with Gasteiger partial charge in [0.15, 0.2) is 0 Å². The van der Waals surface area contributed by atoms with Gasteiger partial charge in [-0.05, 0) is 39.3 Å². The first-order valence-corrected chi connectivity index (χ1v) is 6.23. The summed E-state index contributed by atoms with van der Waals surface area (Å²) >= 11 is 0. The maximum atomic E-state index is 10.8. The maximum Gasteiger partial charge on any atom is 0.339 e. The van der Waals surface area contributed by atoms with Crippen LogP contribution in [0.4, 0.5) is 0 Å². The molecule has 0 spiro atoms. The van der Waals surface area contributed by atoms with Gasteiger partial charge in [-0.2, -0.15) is 0 Å². The summed E-state index contributed by atoms with van der Waals surface area (Å²) in [6.45, 7) is 6.06. The van der Waals surface area contributed by atoms with Crippen molar-refractivity contribution < 1.29 is 19.1 Å². The van der Waals surface area contributed by atoms with Gasteiger partial charge in [0.25, 0.3) is 0 Å². The summed E-state index contributed by atoms with van der Waals surface area (Å²) in [5, 5.41) is 12.0. The Morgan fingerprint density at radius 2 is 2.28 bits per heavy atom. The minimum absolute atomic E-state index is 0.227. The number of furan rings is 1. The second-order valence-electron chi connectivity index (χ2n) is 4.37. The van der Waals surface area contributed by atoms with Crippen LogP contribution < -0.4 is 5.32 Å². The number of hydrogen-bond donors (Lipinski definition) is 2. The van der Waals surface area contributed by atoms with E-state index in [0.717, 1.165) is 26.0 Å². The van der Waals surface area contributed by atoms with Crippen LogP contribution in [0.25, 0.3) is 0 Å². The molecular formula is C13H21NO4. The molecule has 102 valence electrons. The number of aromatic carboxylic acids is 1. The number of rotatable bonds is 9. The first kappa shape index (κ1) is 14.7. The topological polar surface area (TPSA) is 71.7 Å². The lowest BCUT2D eigenvalue weighted by atomic mass is 10.2. The molecule has 2 N–H and O–H groups in total. The number of unbranched alkanes of at least 4 members (excludes halogenated alkanes) is 1. The fraction of sp³-hybridized carbons (Fsp3) is 0.615. The third kappa shape index (κ3) is 5.33.